The first-order valence-electron chi connectivity index (χ1n) is 6.91. The maximum Gasteiger partial charge on any atom is 0.335 e. The zero-order valence-corrected chi connectivity index (χ0v) is 11.8. The van der Waals surface area contributed by atoms with E-state index in [0.717, 1.165) is 12.0 Å². The van der Waals surface area contributed by atoms with Crippen LogP contribution >= 0.6 is 0 Å². The molecule has 0 saturated heterocycles. The maximum atomic E-state index is 10.8. The highest BCUT2D eigenvalue weighted by Crippen LogP contribution is 2.27. The first-order chi connectivity index (χ1) is 10.7. The number of rotatable bonds is 4. The second kappa shape index (κ2) is 5.89. The van der Waals surface area contributed by atoms with Gasteiger partial charge < -0.3 is 14.7 Å². The molecule has 0 unspecified atom stereocenters. The summed E-state index contributed by atoms with van der Waals surface area (Å²) in [5.74, 6) is 0.264. The van der Waals surface area contributed by atoms with Crippen molar-refractivity contribution in [3.8, 4) is 11.5 Å². The zero-order valence-electron chi connectivity index (χ0n) is 11.8. The van der Waals surface area contributed by atoms with E-state index in [1.807, 2.05) is 24.6 Å². The van der Waals surface area contributed by atoms with Crippen LogP contribution in [0, 0.1) is 0 Å². The van der Waals surface area contributed by atoms with Crippen molar-refractivity contribution in [3.05, 3.63) is 59.2 Å². The SMILES string of the molecule is O=[C]N1CCc2ccc(Oc3ccc(C(=O)O)cc3)cc2C1. The fourth-order valence-corrected chi connectivity index (χ4v) is 2.48. The van der Waals surface area contributed by atoms with Crippen molar-refractivity contribution in [3.63, 3.8) is 0 Å². The van der Waals surface area contributed by atoms with Crippen LogP contribution in [-0.2, 0) is 17.8 Å². The van der Waals surface area contributed by atoms with Gasteiger partial charge >= 0.3 is 12.4 Å². The molecule has 5 heteroatoms. The summed E-state index contributed by atoms with van der Waals surface area (Å²) < 4.78 is 5.74. The van der Waals surface area contributed by atoms with Crippen LogP contribution < -0.4 is 4.74 Å². The van der Waals surface area contributed by atoms with Gasteiger partial charge in [0.1, 0.15) is 11.5 Å². The number of carboxylic acid groups (broad SMARTS) is 1. The van der Waals surface area contributed by atoms with Crippen LogP contribution in [0.1, 0.15) is 21.5 Å². The quantitative estimate of drug-likeness (QED) is 0.941. The van der Waals surface area contributed by atoms with Crippen LogP contribution in [0.15, 0.2) is 42.5 Å². The van der Waals surface area contributed by atoms with Gasteiger partial charge in [0.25, 0.3) is 0 Å². The minimum Gasteiger partial charge on any atom is -0.478 e. The smallest absolute Gasteiger partial charge is 0.335 e. The fraction of sp³-hybridized carbons (Fsp3) is 0.176. The van der Waals surface area contributed by atoms with E-state index in [0.29, 0.717) is 24.6 Å². The molecule has 2 aromatic rings. The normalized spacial score (nSPS) is 13.4. The molecule has 3 rings (SSSR count). The van der Waals surface area contributed by atoms with Crippen molar-refractivity contribution >= 4 is 12.4 Å². The lowest BCUT2D eigenvalue weighted by Gasteiger charge is -2.24. The molecule has 2 aromatic carbocycles. The third-order valence-corrected chi connectivity index (χ3v) is 3.66. The number of benzene rings is 2. The lowest BCUT2D eigenvalue weighted by atomic mass is 10.00. The number of fused-ring (bicyclic) bond motifs is 1. The Kier molecular flexibility index (Phi) is 3.78. The standard InChI is InChI=1S/C17H14NO4/c19-11-18-8-7-12-1-6-16(9-14(12)10-18)22-15-4-2-13(3-5-15)17(20)21/h1-6,9H,7-8,10H2,(H,20,21). The van der Waals surface area contributed by atoms with Crippen LogP contribution in [-0.4, -0.2) is 28.9 Å². The minimum atomic E-state index is -0.967. The van der Waals surface area contributed by atoms with E-state index in [1.165, 1.54) is 17.7 Å². The number of carboxylic acids is 1. The molecule has 0 atom stereocenters. The number of aromatic carboxylic acids is 1. The number of amides is 1. The third kappa shape index (κ3) is 2.93. The summed E-state index contributed by atoms with van der Waals surface area (Å²) in [6.45, 7) is 1.22. The van der Waals surface area contributed by atoms with Crippen LogP contribution in [0.2, 0.25) is 0 Å². The van der Waals surface area contributed by atoms with E-state index in [1.54, 1.807) is 17.0 Å². The van der Waals surface area contributed by atoms with E-state index in [9.17, 15) is 9.59 Å². The highest BCUT2D eigenvalue weighted by molar-refractivity contribution is 5.87. The predicted octanol–water partition coefficient (Wildman–Crippen LogP) is 2.60. The molecule has 1 heterocycles. The summed E-state index contributed by atoms with van der Waals surface area (Å²) in [4.78, 5) is 23.2. The summed E-state index contributed by atoms with van der Waals surface area (Å²) in [6, 6.07) is 12.0. The van der Waals surface area contributed by atoms with Crippen LogP contribution in [0.3, 0.4) is 0 Å². The Balaban J connectivity index is 1.78. The molecule has 0 aliphatic carbocycles. The average Bonchev–Trinajstić information content (AvgIpc) is 2.54. The lowest BCUT2D eigenvalue weighted by molar-refractivity contribution is 0.0697. The molecule has 1 aliphatic heterocycles. The van der Waals surface area contributed by atoms with Crippen LogP contribution in [0.5, 0.6) is 11.5 Å². The second-order valence-electron chi connectivity index (χ2n) is 5.12. The summed E-state index contributed by atoms with van der Waals surface area (Å²) in [6.07, 6.45) is 2.74. The van der Waals surface area contributed by atoms with Crippen LogP contribution in [0.4, 0.5) is 0 Å². The van der Waals surface area contributed by atoms with Crippen LogP contribution in [0.25, 0.3) is 0 Å². The molecule has 1 aliphatic rings. The van der Waals surface area contributed by atoms with E-state index in [-0.39, 0.29) is 5.56 Å². The zero-order chi connectivity index (χ0) is 15.5. The van der Waals surface area contributed by atoms with Gasteiger partial charge in [0.15, 0.2) is 0 Å². The number of ether oxygens (including phenoxy) is 1. The molecule has 5 nitrogen and oxygen atoms in total. The molecule has 22 heavy (non-hydrogen) atoms. The predicted molar refractivity (Wildman–Crippen MR) is 79.7 cm³/mol. The number of carbonyl (C=O) groups excluding carboxylic acids is 1. The Labute approximate surface area is 127 Å². The van der Waals surface area contributed by atoms with Gasteiger partial charge in [0, 0.05) is 13.1 Å². The topological polar surface area (TPSA) is 66.8 Å². The molecule has 0 aromatic heterocycles. The molecule has 0 saturated carbocycles. The molecular formula is C17H14NO4. The highest BCUT2D eigenvalue weighted by atomic mass is 16.5. The molecule has 111 valence electrons. The van der Waals surface area contributed by atoms with E-state index >= 15 is 0 Å². The summed E-state index contributed by atoms with van der Waals surface area (Å²) >= 11 is 0. The van der Waals surface area contributed by atoms with Crippen molar-refractivity contribution in [1.29, 1.82) is 0 Å². The molecule has 0 spiro atoms. The van der Waals surface area contributed by atoms with Gasteiger partial charge in [-0.25, -0.2) is 4.79 Å². The molecule has 0 bridgehead atoms. The van der Waals surface area contributed by atoms with E-state index < -0.39 is 5.97 Å². The third-order valence-electron chi connectivity index (χ3n) is 3.66. The number of hydrogen-bond donors (Lipinski definition) is 1. The molecule has 1 radical (unpaired) electrons. The van der Waals surface area contributed by atoms with Gasteiger partial charge in [-0.3, -0.25) is 4.79 Å². The Bertz CT molecular complexity index is 709. The first-order valence-corrected chi connectivity index (χ1v) is 6.91. The second-order valence-corrected chi connectivity index (χ2v) is 5.12. The summed E-state index contributed by atoms with van der Waals surface area (Å²) in [5, 5.41) is 8.87. The average molecular weight is 296 g/mol. The Morgan fingerprint density at radius 3 is 2.50 bits per heavy atom. The number of hydrogen-bond acceptors (Lipinski definition) is 3. The molecular weight excluding hydrogens is 282 g/mol. The first kappa shape index (κ1) is 14.1. The molecule has 0 fully saturated rings. The van der Waals surface area contributed by atoms with Gasteiger partial charge in [0.2, 0.25) is 0 Å². The van der Waals surface area contributed by atoms with Gasteiger partial charge in [-0.1, -0.05) is 6.07 Å². The molecule has 1 N–H and O–H groups in total. The fourth-order valence-electron chi connectivity index (χ4n) is 2.48. The van der Waals surface area contributed by atoms with Gasteiger partial charge in [-0.2, -0.15) is 0 Å². The maximum absolute atomic E-state index is 10.8. The summed E-state index contributed by atoms with van der Waals surface area (Å²) in [5.41, 5.74) is 2.48. The van der Waals surface area contributed by atoms with E-state index in [4.69, 9.17) is 9.84 Å². The highest BCUT2D eigenvalue weighted by Gasteiger charge is 2.16. The Morgan fingerprint density at radius 1 is 1.09 bits per heavy atom. The lowest BCUT2D eigenvalue weighted by Crippen LogP contribution is -2.28. The Morgan fingerprint density at radius 2 is 1.82 bits per heavy atom. The number of nitrogens with zero attached hydrogens (tertiary/aromatic N) is 1. The Hall–Kier alpha value is -2.82. The van der Waals surface area contributed by atoms with E-state index in [2.05, 4.69) is 0 Å². The van der Waals surface area contributed by atoms with Crippen molar-refractivity contribution < 1.29 is 19.4 Å². The minimum absolute atomic E-state index is 0.218. The van der Waals surface area contributed by atoms with Crippen molar-refractivity contribution in [2.75, 3.05) is 6.54 Å². The van der Waals surface area contributed by atoms with Crippen molar-refractivity contribution in [1.82, 2.24) is 4.90 Å². The van der Waals surface area contributed by atoms with Crippen molar-refractivity contribution in [2.24, 2.45) is 0 Å². The van der Waals surface area contributed by atoms with Crippen molar-refractivity contribution in [2.45, 2.75) is 13.0 Å². The largest absolute Gasteiger partial charge is 0.478 e. The summed E-state index contributed by atoms with van der Waals surface area (Å²) in [7, 11) is 0. The van der Waals surface area contributed by atoms with Gasteiger partial charge in [0.05, 0.1) is 5.56 Å². The van der Waals surface area contributed by atoms with Gasteiger partial charge in [-0.15, -0.1) is 0 Å². The van der Waals surface area contributed by atoms with Gasteiger partial charge in [-0.05, 0) is 53.9 Å². The monoisotopic (exact) mass is 296 g/mol. The number of carbonyl (C=O) groups is 1. The molecule has 1 amide bonds.